The molecule has 0 N–H and O–H groups in total. The highest BCUT2D eigenvalue weighted by molar-refractivity contribution is 6.32. The van der Waals surface area contributed by atoms with Gasteiger partial charge in [0.05, 0.1) is 77.6 Å². The van der Waals surface area contributed by atoms with Crippen LogP contribution in [0.2, 0.25) is 0 Å². The Morgan fingerprint density at radius 2 is 0.405 bits per heavy atom. The average Bonchev–Trinajstić information content (AvgIpc) is 1.56. The minimum atomic E-state index is 0.715. The van der Waals surface area contributed by atoms with Crippen LogP contribution < -0.4 is 0 Å². The third kappa shape index (κ3) is 12.2. The molecule has 10 heteroatoms. The Balaban J connectivity index is 0.000000111. The lowest BCUT2D eigenvalue weighted by Crippen LogP contribution is -1.96. The molecule has 0 unspecified atom stereocenters. The number of rotatable bonds is 11. The average molecular weight is 1610 g/mol. The summed E-state index contributed by atoms with van der Waals surface area (Å²) in [5.41, 5.74) is 28.6. The molecule has 0 amide bonds. The molecule has 26 rings (SSSR count). The fourth-order valence-corrected chi connectivity index (χ4v) is 19.4. The smallest absolute Gasteiger partial charge is 0.160 e. The van der Waals surface area contributed by atoms with Crippen molar-refractivity contribution >= 4 is 131 Å². The van der Waals surface area contributed by atoms with Gasteiger partial charge in [-0.05, 0) is 174 Å². The summed E-state index contributed by atoms with van der Waals surface area (Å²) in [6.07, 6.45) is 3.72. The summed E-state index contributed by atoms with van der Waals surface area (Å²) >= 11 is 0. The van der Waals surface area contributed by atoms with Gasteiger partial charge in [-0.15, -0.1) is 0 Å². The molecule has 0 saturated heterocycles. The lowest BCUT2D eigenvalue weighted by molar-refractivity contribution is 1.08. The Morgan fingerprint density at radius 3 is 0.778 bits per heavy atom. The summed E-state index contributed by atoms with van der Waals surface area (Å²) < 4.78 is 14.1. The van der Waals surface area contributed by atoms with E-state index in [-0.39, 0.29) is 0 Å². The number of benzene rings is 17. The van der Waals surface area contributed by atoms with Gasteiger partial charge in [0, 0.05) is 116 Å². The first kappa shape index (κ1) is 72.9. The third-order valence-corrected chi connectivity index (χ3v) is 24.9. The van der Waals surface area contributed by atoms with Crippen molar-refractivity contribution in [2.24, 2.45) is 0 Å². The first-order chi connectivity index (χ1) is 62.6. The second-order valence-electron chi connectivity index (χ2n) is 32.0. The van der Waals surface area contributed by atoms with E-state index in [9.17, 15) is 0 Å². The van der Waals surface area contributed by atoms with E-state index >= 15 is 0 Å². The summed E-state index contributed by atoms with van der Waals surface area (Å²) in [7, 11) is 0. The Bertz CT molecular complexity index is 8460. The Labute approximate surface area is 725 Å². The summed E-state index contributed by atoms with van der Waals surface area (Å²) in [6.45, 7) is 0. The van der Waals surface area contributed by atoms with Gasteiger partial charge in [0.2, 0.25) is 0 Å². The van der Waals surface area contributed by atoms with Gasteiger partial charge in [-0.1, -0.05) is 297 Å². The van der Waals surface area contributed by atoms with E-state index in [2.05, 4.69) is 421 Å². The number of para-hydroxylation sites is 8. The van der Waals surface area contributed by atoms with Gasteiger partial charge >= 0.3 is 0 Å². The molecule has 17 aromatic carbocycles. The van der Waals surface area contributed by atoms with Gasteiger partial charge in [-0.2, -0.15) is 0 Å². The van der Waals surface area contributed by atoms with Crippen molar-refractivity contribution in [3.63, 3.8) is 0 Å². The van der Waals surface area contributed by atoms with Crippen molar-refractivity contribution in [3.05, 3.63) is 461 Å². The van der Waals surface area contributed by atoms with Crippen LogP contribution in [0.3, 0.4) is 0 Å². The van der Waals surface area contributed by atoms with Gasteiger partial charge in [0.15, 0.2) is 5.82 Å². The fourth-order valence-electron chi connectivity index (χ4n) is 19.4. The van der Waals surface area contributed by atoms with Crippen LogP contribution in [-0.4, -0.2) is 47.3 Å². The van der Waals surface area contributed by atoms with Crippen LogP contribution in [0, 0.1) is 0 Å². The predicted molar refractivity (Wildman–Crippen MR) is 524 cm³/mol. The largest absolute Gasteiger partial charge is 0.309 e. The number of hydrogen-bond acceptors (Lipinski definition) is 4. The zero-order valence-corrected chi connectivity index (χ0v) is 68.4. The van der Waals surface area contributed by atoms with Crippen LogP contribution in [0.4, 0.5) is 0 Å². The van der Waals surface area contributed by atoms with Crippen LogP contribution in [0.5, 0.6) is 0 Å². The molecule has 0 fully saturated rings. The monoisotopic (exact) mass is 1610 g/mol. The predicted octanol–water partition coefficient (Wildman–Crippen LogP) is 29.6. The molecule has 10 nitrogen and oxygen atoms in total. The molecule has 9 aromatic heterocycles. The SMILES string of the molecule is c1ccc(-c2cc(-c3ccc(-c4cccc(-n5c6ccccc6c6c7c8ccccc8n(-c8ccccc8)c7ccc65)c4)cc3)nc(-c3ccccc3)n2)cc1.c1ccc(-c2ccc(-n3c4ccccc4c4c5c6ccccc6n(-c6ccccn6)c5ccc43)cc2)cc1.c1ccc(-n2c3ccccc3c3c4c5ccccc5n(-c5ccccn5)c4ccc32)cc1. The lowest BCUT2D eigenvalue weighted by atomic mass is 10.0. The lowest BCUT2D eigenvalue weighted by Gasteiger charge is -2.12. The topological polar surface area (TPSA) is 81.1 Å². The van der Waals surface area contributed by atoms with E-state index in [1.807, 2.05) is 73.1 Å². The van der Waals surface area contributed by atoms with Gasteiger partial charge in [0.25, 0.3) is 0 Å². The standard InChI is InChI=1S/C52H34N4.C35H23N3.C29H19N3/c1-4-15-36(16-5-1)44-34-45(54-52(53-44)38-17-6-2-7-18-38)37-29-27-35(28-30-37)39-19-14-22-41(33-39)56-47-26-13-11-24-43(47)51-49(56)32-31-48-50(51)42-23-10-12-25-46(42)55(48)40-20-8-3-9-21-40;1-2-10-24(11-3-1)25-17-19-26(20-18-25)37-29-14-6-4-12-27(29)34-31(37)21-22-32-35(34)28-13-5-7-15-30(28)38(32)33-16-8-9-23-36-33;1-2-10-20(11-3-1)31-23-14-6-4-12-21(23)28-25(31)17-18-26-29(28)22-13-5-7-15-24(22)32(26)27-16-8-9-19-30-27/h1-34H;1-23H;1-19H. The number of pyridine rings is 2. The van der Waals surface area contributed by atoms with E-state index in [1.165, 1.54) is 142 Å². The Kier molecular flexibility index (Phi) is 17.7. The number of hydrogen-bond donors (Lipinski definition) is 0. The molecule has 0 spiro atoms. The highest BCUT2D eigenvalue weighted by Gasteiger charge is 2.26. The normalized spacial score (nSPS) is 11.7. The quantitative estimate of drug-likeness (QED) is 0.129. The zero-order chi connectivity index (χ0) is 83.1. The second kappa shape index (κ2) is 30.6. The summed E-state index contributed by atoms with van der Waals surface area (Å²) in [6, 6.07) is 159. The van der Waals surface area contributed by atoms with Crippen molar-refractivity contribution in [1.29, 1.82) is 0 Å². The fraction of sp³-hybridized carbons (Fsp3) is 0. The van der Waals surface area contributed by atoms with Gasteiger partial charge in [-0.25, -0.2) is 19.9 Å². The van der Waals surface area contributed by atoms with Crippen LogP contribution >= 0.6 is 0 Å². The molecule has 0 aliphatic carbocycles. The van der Waals surface area contributed by atoms with Crippen molar-refractivity contribution < 1.29 is 0 Å². The van der Waals surface area contributed by atoms with Gasteiger partial charge in [-0.3, -0.25) is 9.13 Å². The zero-order valence-electron chi connectivity index (χ0n) is 68.4. The molecule has 0 aliphatic heterocycles. The second-order valence-corrected chi connectivity index (χ2v) is 32.0. The maximum absolute atomic E-state index is 5.05. The molecule has 0 radical (unpaired) electrons. The van der Waals surface area contributed by atoms with Gasteiger partial charge < -0.3 is 18.3 Å². The van der Waals surface area contributed by atoms with Crippen LogP contribution in [0.1, 0.15) is 0 Å². The molecule has 26 aromatic rings. The van der Waals surface area contributed by atoms with E-state index in [0.717, 1.165) is 73.4 Å². The highest BCUT2D eigenvalue weighted by Crippen LogP contribution is 2.47. The van der Waals surface area contributed by atoms with Crippen molar-refractivity contribution in [2.45, 2.75) is 0 Å². The minimum Gasteiger partial charge on any atom is -0.309 e. The maximum atomic E-state index is 5.05. The van der Waals surface area contributed by atoms with Crippen LogP contribution in [-0.2, 0) is 0 Å². The molecule has 0 atom stereocenters. The molecule has 9 heterocycles. The van der Waals surface area contributed by atoms with Crippen molar-refractivity contribution in [3.8, 4) is 90.5 Å². The number of fused-ring (bicyclic) bond motifs is 21. The Morgan fingerprint density at radius 1 is 0.151 bits per heavy atom. The molecular formula is C116H76N10. The third-order valence-electron chi connectivity index (χ3n) is 24.9. The summed E-state index contributed by atoms with van der Waals surface area (Å²) in [5.74, 6) is 2.58. The van der Waals surface area contributed by atoms with E-state index in [0.29, 0.717) is 5.82 Å². The first-order valence-electron chi connectivity index (χ1n) is 42.8. The molecule has 126 heavy (non-hydrogen) atoms. The van der Waals surface area contributed by atoms with E-state index < -0.39 is 0 Å². The molecule has 0 bridgehead atoms. The number of nitrogens with zero attached hydrogens (tertiary/aromatic N) is 10. The maximum Gasteiger partial charge on any atom is 0.160 e. The van der Waals surface area contributed by atoms with E-state index in [4.69, 9.17) is 15.0 Å². The molecule has 590 valence electrons. The van der Waals surface area contributed by atoms with Crippen molar-refractivity contribution in [1.82, 2.24) is 47.3 Å². The number of aromatic nitrogens is 10. The Hall–Kier alpha value is -17.1. The van der Waals surface area contributed by atoms with Crippen molar-refractivity contribution in [2.75, 3.05) is 0 Å². The molecular weight excluding hydrogens is 1530 g/mol. The first-order valence-corrected chi connectivity index (χ1v) is 42.8. The van der Waals surface area contributed by atoms with Crippen LogP contribution in [0.25, 0.3) is 221 Å². The van der Waals surface area contributed by atoms with Crippen LogP contribution in [0.15, 0.2) is 461 Å². The summed E-state index contributed by atoms with van der Waals surface area (Å²) in [5, 5.41) is 15.1. The highest BCUT2D eigenvalue weighted by atomic mass is 15.1. The molecule has 0 saturated carbocycles. The minimum absolute atomic E-state index is 0.715. The van der Waals surface area contributed by atoms with E-state index in [1.54, 1.807) is 0 Å². The van der Waals surface area contributed by atoms with Gasteiger partial charge in [0.1, 0.15) is 11.6 Å². The summed E-state index contributed by atoms with van der Waals surface area (Å²) in [4.78, 5) is 19.4. The molecule has 0 aliphatic rings.